The van der Waals surface area contributed by atoms with E-state index in [2.05, 4.69) is 9.72 Å². The number of ether oxygens (including phenoxy) is 1. The normalized spacial score (nSPS) is 12.9. The Hall–Kier alpha value is -1.67. The van der Waals surface area contributed by atoms with Crippen LogP contribution in [0, 0.1) is 6.92 Å². The van der Waals surface area contributed by atoms with E-state index in [0.29, 0.717) is 0 Å². The molecule has 9 heteroatoms. The summed E-state index contributed by atoms with van der Waals surface area (Å²) >= 11 is 0. The Morgan fingerprint density at radius 2 is 1.61 bits per heavy atom. The highest BCUT2D eigenvalue weighted by Crippen LogP contribution is 2.37. The molecule has 0 saturated heterocycles. The number of aryl methyl sites for hydroxylation is 1. The number of anilines is 1. The van der Waals surface area contributed by atoms with Crippen molar-refractivity contribution >= 4 is 5.69 Å². The van der Waals surface area contributed by atoms with E-state index in [1.807, 2.05) is 0 Å². The molecule has 3 nitrogen and oxygen atoms in total. The van der Waals surface area contributed by atoms with Gasteiger partial charge in [0.15, 0.2) is 0 Å². The van der Waals surface area contributed by atoms with Crippen LogP contribution in [0.3, 0.4) is 0 Å². The van der Waals surface area contributed by atoms with Gasteiger partial charge in [-0.1, -0.05) is 0 Å². The lowest BCUT2D eigenvalue weighted by atomic mass is 10.3. The number of halogens is 6. The highest BCUT2D eigenvalue weighted by Gasteiger charge is 2.59. The number of alkyl halides is 6. The van der Waals surface area contributed by atoms with Crippen molar-refractivity contribution in [2.75, 3.05) is 5.73 Å². The monoisotopic (exact) mass is 274 g/mol. The SMILES string of the molecule is Cc1ccc(N)c(OC(C(F)(F)F)C(F)(F)F)n1. The number of nitrogens with two attached hydrogens (primary N) is 1. The molecule has 2 N–H and O–H groups in total. The van der Waals surface area contributed by atoms with Gasteiger partial charge in [0, 0.05) is 5.69 Å². The molecule has 1 rings (SSSR count). The lowest BCUT2D eigenvalue weighted by molar-refractivity contribution is -0.300. The van der Waals surface area contributed by atoms with E-state index in [1.54, 1.807) is 0 Å². The van der Waals surface area contributed by atoms with Crippen molar-refractivity contribution in [2.45, 2.75) is 25.4 Å². The van der Waals surface area contributed by atoms with Gasteiger partial charge < -0.3 is 10.5 Å². The standard InChI is InChI=1S/C9H8F6N2O/c1-4-2-3-5(16)6(17-4)18-7(8(10,11)12)9(13,14)15/h2-3,7H,16H2,1H3. The minimum absolute atomic E-state index is 0.183. The number of hydrogen-bond donors (Lipinski definition) is 1. The zero-order valence-corrected chi connectivity index (χ0v) is 8.93. The van der Waals surface area contributed by atoms with Crippen LogP contribution in [0.25, 0.3) is 0 Å². The lowest BCUT2D eigenvalue weighted by Crippen LogP contribution is -2.46. The van der Waals surface area contributed by atoms with Crippen molar-refractivity contribution < 1.29 is 31.1 Å². The number of nitrogens with zero attached hydrogens (tertiary/aromatic N) is 1. The second-order valence-corrected chi connectivity index (χ2v) is 3.43. The van der Waals surface area contributed by atoms with Crippen molar-refractivity contribution in [1.29, 1.82) is 0 Å². The molecule has 0 saturated carbocycles. The third kappa shape index (κ3) is 3.41. The predicted octanol–water partition coefficient (Wildman–Crippen LogP) is 2.84. The maximum atomic E-state index is 12.2. The molecule has 0 unspecified atom stereocenters. The van der Waals surface area contributed by atoms with Gasteiger partial charge in [-0.05, 0) is 19.1 Å². The average molecular weight is 274 g/mol. The molecule has 0 radical (unpaired) electrons. The maximum absolute atomic E-state index is 12.2. The van der Waals surface area contributed by atoms with E-state index in [4.69, 9.17) is 5.73 Å². The fourth-order valence-corrected chi connectivity index (χ4v) is 1.07. The van der Waals surface area contributed by atoms with Crippen molar-refractivity contribution in [2.24, 2.45) is 0 Å². The van der Waals surface area contributed by atoms with Crippen molar-refractivity contribution in [1.82, 2.24) is 4.98 Å². The van der Waals surface area contributed by atoms with Gasteiger partial charge in [-0.2, -0.15) is 26.3 Å². The summed E-state index contributed by atoms with van der Waals surface area (Å²) in [5.74, 6) is -0.894. The summed E-state index contributed by atoms with van der Waals surface area (Å²) in [5.41, 5.74) is 4.98. The van der Waals surface area contributed by atoms with E-state index >= 15 is 0 Å². The van der Waals surface area contributed by atoms with Crippen molar-refractivity contribution in [3.8, 4) is 5.88 Å². The number of pyridine rings is 1. The Kier molecular flexibility index (Phi) is 3.63. The Morgan fingerprint density at radius 3 is 2.06 bits per heavy atom. The van der Waals surface area contributed by atoms with Gasteiger partial charge >= 0.3 is 12.4 Å². The first kappa shape index (κ1) is 14.4. The molecule has 1 heterocycles. The largest absolute Gasteiger partial charge is 0.453 e. The van der Waals surface area contributed by atoms with Crippen LogP contribution in [-0.4, -0.2) is 23.4 Å². The van der Waals surface area contributed by atoms with Crippen LogP contribution in [0.4, 0.5) is 32.0 Å². The predicted molar refractivity (Wildman–Crippen MR) is 49.9 cm³/mol. The molecule has 0 aromatic carbocycles. The van der Waals surface area contributed by atoms with Crippen LogP contribution in [0.1, 0.15) is 5.69 Å². The molecule has 1 aromatic heterocycles. The topological polar surface area (TPSA) is 48.1 Å². The molecule has 0 aliphatic heterocycles. The first-order valence-corrected chi connectivity index (χ1v) is 4.55. The Morgan fingerprint density at radius 1 is 1.11 bits per heavy atom. The minimum atomic E-state index is -5.60. The zero-order chi connectivity index (χ0) is 14.1. The van der Waals surface area contributed by atoms with Gasteiger partial charge in [0.2, 0.25) is 5.88 Å². The second kappa shape index (κ2) is 4.54. The fourth-order valence-electron chi connectivity index (χ4n) is 1.07. The van der Waals surface area contributed by atoms with E-state index < -0.39 is 30.0 Å². The molecular formula is C9H8F6N2O. The Balaban J connectivity index is 3.08. The van der Waals surface area contributed by atoms with Crippen LogP contribution in [-0.2, 0) is 0 Å². The van der Waals surface area contributed by atoms with Gasteiger partial charge in [-0.15, -0.1) is 0 Å². The van der Waals surface area contributed by atoms with Crippen LogP contribution in [0.15, 0.2) is 12.1 Å². The first-order valence-electron chi connectivity index (χ1n) is 4.55. The summed E-state index contributed by atoms with van der Waals surface area (Å²) < 4.78 is 77.2. The summed E-state index contributed by atoms with van der Waals surface area (Å²) in [5, 5.41) is 0. The van der Waals surface area contributed by atoms with Crippen molar-refractivity contribution in [3.63, 3.8) is 0 Å². The van der Waals surface area contributed by atoms with Crippen LogP contribution >= 0.6 is 0 Å². The van der Waals surface area contributed by atoms with E-state index in [0.717, 1.165) is 6.07 Å². The number of nitrogen functional groups attached to an aromatic ring is 1. The molecule has 0 fully saturated rings. The molecule has 0 atom stereocenters. The summed E-state index contributed by atoms with van der Waals surface area (Å²) in [6.45, 7) is 1.38. The van der Waals surface area contributed by atoms with Gasteiger partial charge in [0.1, 0.15) is 0 Å². The summed E-state index contributed by atoms with van der Waals surface area (Å²) in [6, 6.07) is 2.44. The summed E-state index contributed by atoms with van der Waals surface area (Å²) in [4.78, 5) is 3.39. The zero-order valence-electron chi connectivity index (χ0n) is 8.93. The third-order valence-corrected chi connectivity index (χ3v) is 1.85. The molecule has 1 aromatic rings. The molecular weight excluding hydrogens is 266 g/mol. The molecule has 0 bridgehead atoms. The van der Waals surface area contributed by atoms with Crippen LogP contribution in [0.5, 0.6) is 5.88 Å². The molecule has 18 heavy (non-hydrogen) atoms. The lowest BCUT2D eigenvalue weighted by Gasteiger charge is -2.23. The minimum Gasteiger partial charge on any atom is -0.453 e. The molecule has 102 valence electrons. The molecule has 0 aliphatic rings. The smallest absolute Gasteiger partial charge is 0.434 e. The average Bonchev–Trinajstić information content (AvgIpc) is 2.15. The Bertz CT molecular complexity index is 414. The van der Waals surface area contributed by atoms with Crippen LogP contribution < -0.4 is 10.5 Å². The number of aromatic nitrogens is 1. The van der Waals surface area contributed by atoms with E-state index in [-0.39, 0.29) is 5.69 Å². The van der Waals surface area contributed by atoms with E-state index in [9.17, 15) is 26.3 Å². The fraction of sp³-hybridized carbons (Fsp3) is 0.444. The summed E-state index contributed by atoms with van der Waals surface area (Å²) in [7, 11) is 0. The van der Waals surface area contributed by atoms with Crippen LogP contribution in [0.2, 0.25) is 0 Å². The number of hydrogen-bond acceptors (Lipinski definition) is 3. The Labute approximate surface area is 97.6 Å². The highest BCUT2D eigenvalue weighted by molar-refractivity contribution is 5.48. The van der Waals surface area contributed by atoms with Crippen molar-refractivity contribution in [3.05, 3.63) is 17.8 Å². The van der Waals surface area contributed by atoms with Gasteiger partial charge in [-0.3, -0.25) is 0 Å². The summed E-state index contributed by atoms with van der Waals surface area (Å²) in [6.07, 6.45) is -15.2. The second-order valence-electron chi connectivity index (χ2n) is 3.43. The van der Waals surface area contributed by atoms with Gasteiger partial charge in [-0.25, -0.2) is 4.98 Å². The first-order chi connectivity index (χ1) is 8.01. The van der Waals surface area contributed by atoms with E-state index in [1.165, 1.54) is 13.0 Å². The number of rotatable bonds is 2. The molecule has 0 aliphatic carbocycles. The molecule has 0 amide bonds. The van der Waals surface area contributed by atoms with Gasteiger partial charge in [0.05, 0.1) is 5.69 Å². The third-order valence-electron chi connectivity index (χ3n) is 1.85. The highest BCUT2D eigenvalue weighted by atomic mass is 19.4. The quantitative estimate of drug-likeness (QED) is 0.843. The van der Waals surface area contributed by atoms with Gasteiger partial charge in [0.25, 0.3) is 6.10 Å². The maximum Gasteiger partial charge on any atom is 0.434 e. The molecule has 0 spiro atoms.